The van der Waals surface area contributed by atoms with Crippen LogP contribution in [0.25, 0.3) is 0 Å². The lowest BCUT2D eigenvalue weighted by atomic mass is 9.95. The van der Waals surface area contributed by atoms with Gasteiger partial charge in [0.05, 0.1) is 5.56 Å². The van der Waals surface area contributed by atoms with E-state index in [1.807, 2.05) is 4.90 Å². The molecule has 1 heterocycles. The molecule has 0 N–H and O–H groups in total. The molecule has 2 aromatic carbocycles. The molecule has 1 fully saturated rings. The molecule has 0 amide bonds. The number of esters is 1. The maximum Gasteiger partial charge on any atom is 0.308 e. The predicted octanol–water partition coefficient (Wildman–Crippen LogP) is 1.43. The van der Waals surface area contributed by atoms with Gasteiger partial charge in [0.15, 0.2) is 0 Å². The Balaban J connectivity index is 2.00. The lowest BCUT2D eigenvalue weighted by Crippen LogP contribution is -2.47. The molecule has 0 radical (unpaired) electrons. The van der Waals surface area contributed by atoms with Crippen molar-refractivity contribution >= 4 is 17.4 Å². The molecule has 124 valence electrons. The fourth-order valence-corrected chi connectivity index (χ4v) is 3.04. The van der Waals surface area contributed by atoms with Crippen molar-refractivity contribution in [2.75, 3.05) is 18.0 Å². The average molecular weight is 327 g/mol. The minimum absolute atomic E-state index is 0.0904. The molecule has 0 bridgehead atoms. The number of hydrogen-bond donors (Lipinski definition) is 0. The number of rotatable bonds is 4. The van der Waals surface area contributed by atoms with Gasteiger partial charge in [0, 0.05) is 20.0 Å². The molecular weight excluding hydrogens is 310 g/mol. The second kappa shape index (κ2) is 6.39. The van der Waals surface area contributed by atoms with Crippen molar-refractivity contribution in [1.82, 2.24) is 0 Å². The first-order chi connectivity index (χ1) is 11.5. The van der Waals surface area contributed by atoms with Crippen molar-refractivity contribution in [3.8, 4) is 5.75 Å². The van der Waals surface area contributed by atoms with Gasteiger partial charge in [-0.1, -0.05) is 12.1 Å². The van der Waals surface area contributed by atoms with Crippen LogP contribution in [-0.4, -0.2) is 24.8 Å². The highest BCUT2D eigenvalue weighted by Crippen LogP contribution is 2.26. The van der Waals surface area contributed by atoms with Gasteiger partial charge in [0.1, 0.15) is 17.0 Å². The van der Waals surface area contributed by atoms with E-state index in [0.717, 1.165) is 19.3 Å². The highest BCUT2D eigenvalue weighted by molar-refractivity contribution is 6.15. The summed E-state index contributed by atoms with van der Waals surface area (Å²) < 4.78 is 5.04. The summed E-state index contributed by atoms with van der Waals surface area (Å²) in [5.41, 5.74) is -1.15. The maximum absolute atomic E-state index is 12.8. The molecule has 0 saturated carbocycles. The van der Waals surface area contributed by atoms with E-state index in [2.05, 4.69) is 0 Å². The van der Waals surface area contributed by atoms with Crippen molar-refractivity contribution in [3.63, 3.8) is 0 Å². The lowest BCUT2D eigenvalue weighted by molar-refractivity contribution is -0.131. The summed E-state index contributed by atoms with van der Waals surface area (Å²) in [5, 5.41) is 0. The summed E-state index contributed by atoms with van der Waals surface area (Å²) in [6.07, 6.45) is 2.93. The van der Waals surface area contributed by atoms with Gasteiger partial charge in [-0.05, 0) is 31.4 Å². The van der Waals surface area contributed by atoms with Gasteiger partial charge < -0.3 is 9.64 Å². The van der Waals surface area contributed by atoms with E-state index in [4.69, 9.17) is 4.74 Å². The van der Waals surface area contributed by atoms with Gasteiger partial charge in [0.2, 0.25) is 11.2 Å². The monoisotopic (exact) mass is 327 g/mol. The van der Waals surface area contributed by atoms with Crippen molar-refractivity contribution in [3.05, 3.63) is 55.8 Å². The highest BCUT2D eigenvalue weighted by atomic mass is 16.5. The molecule has 6 heteroatoms. The van der Waals surface area contributed by atoms with Crippen LogP contribution in [0, 0.1) is 0 Å². The number of carbonyl (C=O) groups excluding carboxylic acids is 2. The van der Waals surface area contributed by atoms with Crippen LogP contribution in [0.1, 0.15) is 42.1 Å². The first-order valence-corrected chi connectivity index (χ1v) is 7.91. The van der Waals surface area contributed by atoms with Crippen LogP contribution >= 0.6 is 0 Å². The van der Waals surface area contributed by atoms with Crippen LogP contribution in [0.5, 0.6) is 5.75 Å². The summed E-state index contributed by atoms with van der Waals surface area (Å²) in [7, 11) is 0. The molecule has 3 rings (SSSR count). The number of nitrogens with zero attached hydrogens (tertiary/aromatic N) is 1. The first kappa shape index (κ1) is 16.1. The zero-order chi connectivity index (χ0) is 17.3. The van der Waals surface area contributed by atoms with Crippen molar-refractivity contribution in [1.29, 1.82) is 0 Å². The Morgan fingerprint density at radius 2 is 1.67 bits per heavy atom. The number of carbonyl (C=O) groups is 2. The molecular formula is C18H17NO5. The number of hydrogen-bond acceptors (Lipinski definition) is 6. The number of ketones is 1. The van der Waals surface area contributed by atoms with E-state index in [9.17, 15) is 19.2 Å². The average Bonchev–Trinajstić information content (AvgIpc) is 2.59. The smallest absolute Gasteiger partial charge is 0.308 e. The Morgan fingerprint density at radius 1 is 1.00 bits per heavy atom. The van der Waals surface area contributed by atoms with Gasteiger partial charge in [0.25, 0.3) is 5.43 Å². The van der Waals surface area contributed by atoms with Crippen molar-refractivity contribution in [2.24, 2.45) is 0 Å². The molecule has 0 unspecified atom stereocenters. The summed E-state index contributed by atoms with van der Waals surface area (Å²) in [6.45, 7) is 2.56. The van der Waals surface area contributed by atoms with Crippen LogP contribution < -0.4 is 20.5 Å². The topological polar surface area (TPSA) is 80.8 Å². The van der Waals surface area contributed by atoms with E-state index < -0.39 is 22.6 Å². The zero-order valence-electron chi connectivity index (χ0n) is 13.3. The molecule has 1 saturated heterocycles. The highest BCUT2D eigenvalue weighted by Gasteiger charge is 2.32. The summed E-state index contributed by atoms with van der Waals surface area (Å²) in [4.78, 5) is 49.8. The molecule has 6 nitrogen and oxygen atoms in total. The minimum Gasteiger partial charge on any atom is -0.426 e. The van der Waals surface area contributed by atoms with Crippen molar-refractivity contribution < 1.29 is 14.3 Å². The van der Waals surface area contributed by atoms with Gasteiger partial charge in [-0.25, -0.2) is 0 Å². The van der Waals surface area contributed by atoms with E-state index in [-0.39, 0.29) is 22.6 Å². The molecule has 0 aromatic heterocycles. The van der Waals surface area contributed by atoms with Crippen LogP contribution in [0.2, 0.25) is 0 Å². The maximum atomic E-state index is 12.8. The van der Waals surface area contributed by atoms with E-state index in [1.165, 1.54) is 19.1 Å². The predicted molar refractivity (Wildman–Crippen MR) is 88.6 cm³/mol. The SMILES string of the molecule is CC(=O)Oc1ccccc1C(=O)c1c(N2CCCCC2)c(=O)c1=O. The Labute approximate surface area is 138 Å². The largest absolute Gasteiger partial charge is 0.426 e. The molecule has 24 heavy (non-hydrogen) atoms. The summed E-state index contributed by atoms with van der Waals surface area (Å²) >= 11 is 0. The molecule has 0 aliphatic carbocycles. The molecule has 1 aliphatic rings. The number of para-hydroxylation sites is 1. The Kier molecular flexibility index (Phi) is 4.29. The summed E-state index contributed by atoms with van der Waals surface area (Å²) in [5.74, 6) is -1.04. The van der Waals surface area contributed by atoms with Gasteiger partial charge in [-0.2, -0.15) is 0 Å². The third kappa shape index (κ3) is 2.75. The zero-order valence-corrected chi connectivity index (χ0v) is 13.3. The van der Waals surface area contributed by atoms with E-state index in [1.54, 1.807) is 12.1 Å². The first-order valence-electron chi connectivity index (χ1n) is 7.91. The number of piperidine rings is 1. The lowest BCUT2D eigenvalue weighted by Gasteiger charge is -2.30. The number of ether oxygens (including phenoxy) is 1. The van der Waals surface area contributed by atoms with Crippen LogP contribution in [0.15, 0.2) is 33.9 Å². The second-order valence-corrected chi connectivity index (χ2v) is 5.85. The third-order valence-corrected chi connectivity index (χ3v) is 4.17. The number of benzene rings is 1. The normalized spacial score (nSPS) is 14.6. The number of anilines is 1. The van der Waals surface area contributed by atoms with Crippen LogP contribution in [0.4, 0.5) is 5.69 Å². The van der Waals surface area contributed by atoms with E-state index >= 15 is 0 Å². The minimum atomic E-state index is -0.766. The molecule has 1 aliphatic heterocycles. The quantitative estimate of drug-likeness (QED) is 0.366. The fraction of sp³-hybridized carbons (Fsp3) is 0.333. The van der Waals surface area contributed by atoms with Crippen molar-refractivity contribution in [2.45, 2.75) is 26.2 Å². The Bertz CT molecular complexity index is 870. The second-order valence-electron chi connectivity index (χ2n) is 5.85. The molecule has 2 aromatic rings. The van der Waals surface area contributed by atoms with Crippen LogP contribution in [-0.2, 0) is 4.79 Å². The Hall–Kier alpha value is -2.76. The fourth-order valence-electron chi connectivity index (χ4n) is 3.04. The van der Waals surface area contributed by atoms with Gasteiger partial charge in [-0.3, -0.25) is 19.2 Å². The van der Waals surface area contributed by atoms with Gasteiger partial charge >= 0.3 is 5.97 Å². The molecule has 0 atom stereocenters. The van der Waals surface area contributed by atoms with E-state index in [0.29, 0.717) is 13.1 Å². The molecule has 0 spiro atoms. The summed E-state index contributed by atoms with van der Waals surface area (Å²) in [6, 6.07) is 6.22. The van der Waals surface area contributed by atoms with Crippen LogP contribution in [0.3, 0.4) is 0 Å². The standard InChI is InChI=1S/C18H17NO5/c1-11(20)24-13-8-4-3-7-12(13)16(21)14-15(18(23)17(14)22)19-9-5-2-6-10-19/h3-4,7-8H,2,5-6,9-10H2,1H3. The third-order valence-electron chi connectivity index (χ3n) is 4.17. The van der Waals surface area contributed by atoms with Gasteiger partial charge in [-0.15, -0.1) is 0 Å². The Morgan fingerprint density at radius 3 is 2.33 bits per heavy atom.